The largest absolute Gasteiger partial charge is 0.462 e. The van der Waals surface area contributed by atoms with Gasteiger partial charge in [0.1, 0.15) is 0 Å². The number of aryl methyl sites for hydroxylation is 1. The van der Waals surface area contributed by atoms with Crippen LogP contribution in [0.2, 0.25) is 0 Å². The summed E-state index contributed by atoms with van der Waals surface area (Å²) in [6.07, 6.45) is 0. The van der Waals surface area contributed by atoms with Gasteiger partial charge in [0.2, 0.25) is 0 Å². The molecule has 0 aliphatic rings. The van der Waals surface area contributed by atoms with E-state index < -0.39 is 0 Å². The number of H-pyrrole nitrogens is 1. The fraction of sp³-hybridized carbons (Fsp3) is 0.368. The maximum absolute atomic E-state index is 12.7. The SMILES string of the molecule is CCOC(=O)c1c(C)[nH]c(C(=O)[C@H](C)SCc2ccccc2)c1C. The molecule has 1 aromatic heterocycles. The molecule has 5 heteroatoms. The Hall–Kier alpha value is -2.01. The molecule has 1 N–H and O–H groups in total. The van der Waals surface area contributed by atoms with Crippen LogP contribution in [0, 0.1) is 13.8 Å². The van der Waals surface area contributed by atoms with Crippen molar-refractivity contribution in [2.24, 2.45) is 0 Å². The van der Waals surface area contributed by atoms with Gasteiger partial charge >= 0.3 is 5.97 Å². The summed E-state index contributed by atoms with van der Waals surface area (Å²) in [6.45, 7) is 7.56. The van der Waals surface area contributed by atoms with Crippen molar-refractivity contribution in [2.75, 3.05) is 6.61 Å². The van der Waals surface area contributed by atoms with E-state index in [0.717, 1.165) is 5.75 Å². The van der Waals surface area contributed by atoms with Crippen molar-refractivity contribution >= 4 is 23.5 Å². The molecule has 0 bridgehead atoms. The highest BCUT2D eigenvalue weighted by atomic mass is 32.2. The number of aromatic amines is 1. The minimum Gasteiger partial charge on any atom is -0.462 e. The number of aromatic nitrogens is 1. The number of esters is 1. The summed E-state index contributed by atoms with van der Waals surface area (Å²) in [7, 11) is 0. The zero-order valence-electron chi connectivity index (χ0n) is 14.5. The van der Waals surface area contributed by atoms with Crippen LogP contribution in [-0.4, -0.2) is 28.6 Å². The normalized spacial score (nSPS) is 12.0. The van der Waals surface area contributed by atoms with Crippen molar-refractivity contribution < 1.29 is 14.3 Å². The predicted molar refractivity (Wildman–Crippen MR) is 97.8 cm³/mol. The molecular weight excluding hydrogens is 322 g/mol. The van der Waals surface area contributed by atoms with Crippen molar-refractivity contribution in [3.05, 3.63) is 58.4 Å². The quantitative estimate of drug-likeness (QED) is 0.600. The number of Topliss-reactive ketones (excluding diaryl/α,β-unsaturated/α-hetero) is 1. The Kier molecular flexibility index (Phi) is 6.26. The van der Waals surface area contributed by atoms with Crippen LogP contribution < -0.4 is 0 Å². The number of thioether (sulfide) groups is 1. The Morgan fingerprint density at radius 3 is 2.50 bits per heavy atom. The van der Waals surface area contributed by atoms with E-state index >= 15 is 0 Å². The standard InChI is InChI=1S/C19H23NO3S/c1-5-23-19(22)16-12(2)17(20-13(16)3)18(21)14(4)24-11-15-9-7-6-8-10-15/h6-10,14,20H,5,11H2,1-4H3/t14-/m0/s1. The number of benzene rings is 1. The Labute approximate surface area is 147 Å². The van der Waals surface area contributed by atoms with Crippen molar-refractivity contribution in [1.29, 1.82) is 0 Å². The molecule has 0 saturated heterocycles. The average molecular weight is 345 g/mol. The van der Waals surface area contributed by atoms with Crippen LogP contribution >= 0.6 is 11.8 Å². The molecule has 4 nitrogen and oxygen atoms in total. The molecule has 24 heavy (non-hydrogen) atoms. The maximum atomic E-state index is 12.7. The summed E-state index contributed by atoms with van der Waals surface area (Å²) in [5.41, 5.74) is 3.51. The number of rotatable bonds is 7. The first kappa shape index (κ1) is 18.3. The summed E-state index contributed by atoms with van der Waals surface area (Å²) >= 11 is 1.59. The van der Waals surface area contributed by atoms with Crippen LogP contribution in [0.15, 0.2) is 30.3 Å². The van der Waals surface area contributed by atoms with E-state index in [2.05, 4.69) is 4.98 Å². The molecule has 1 heterocycles. The summed E-state index contributed by atoms with van der Waals surface area (Å²) < 4.78 is 5.07. The van der Waals surface area contributed by atoms with Gasteiger partial charge in [-0.05, 0) is 38.8 Å². The van der Waals surface area contributed by atoms with Crippen LogP contribution in [0.4, 0.5) is 0 Å². The summed E-state index contributed by atoms with van der Waals surface area (Å²) in [6, 6.07) is 10.1. The Bertz CT molecular complexity index is 722. The number of hydrogen-bond acceptors (Lipinski definition) is 4. The molecule has 2 rings (SSSR count). The van der Waals surface area contributed by atoms with E-state index in [1.807, 2.05) is 37.3 Å². The number of nitrogens with one attached hydrogen (secondary N) is 1. The first-order chi connectivity index (χ1) is 11.5. The smallest absolute Gasteiger partial charge is 0.340 e. The van der Waals surface area contributed by atoms with Gasteiger partial charge in [0.05, 0.1) is 23.1 Å². The molecule has 1 atom stereocenters. The van der Waals surface area contributed by atoms with E-state index in [4.69, 9.17) is 4.74 Å². The Balaban J connectivity index is 2.11. The van der Waals surface area contributed by atoms with Gasteiger partial charge in [-0.15, -0.1) is 11.8 Å². The summed E-state index contributed by atoms with van der Waals surface area (Å²) in [5, 5.41) is -0.197. The third kappa shape index (κ3) is 4.09. The number of carbonyl (C=O) groups excluding carboxylic acids is 2. The van der Waals surface area contributed by atoms with E-state index in [1.54, 1.807) is 32.5 Å². The van der Waals surface area contributed by atoms with E-state index in [-0.39, 0.29) is 17.0 Å². The summed E-state index contributed by atoms with van der Waals surface area (Å²) in [4.78, 5) is 27.8. The monoisotopic (exact) mass is 345 g/mol. The van der Waals surface area contributed by atoms with Gasteiger partial charge in [-0.1, -0.05) is 30.3 Å². The molecule has 0 unspecified atom stereocenters. The van der Waals surface area contributed by atoms with Gasteiger partial charge in [-0.3, -0.25) is 4.79 Å². The fourth-order valence-electron chi connectivity index (χ4n) is 2.58. The van der Waals surface area contributed by atoms with Crippen LogP contribution in [0.3, 0.4) is 0 Å². The predicted octanol–water partition coefficient (Wildman–Crippen LogP) is 4.31. The average Bonchev–Trinajstić information content (AvgIpc) is 2.87. The second-order valence-electron chi connectivity index (χ2n) is 5.65. The van der Waals surface area contributed by atoms with Crippen molar-refractivity contribution in [1.82, 2.24) is 4.98 Å². The lowest BCUT2D eigenvalue weighted by Crippen LogP contribution is -2.16. The molecule has 0 fully saturated rings. The molecule has 0 aliphatic carbocycles. The molecule has 0 radical (unpaired) electrons. The van der Waals surface area contributed by atoms with Gasteiger partial charge in [-0.2, -0.15) is 0 Å². The first-order valence-electron chi connectivity index (χ1n) is 8.01. The second-order valence-corrected chi connectivity index (χ2v) is 6.98. The van der Waals surface area contributed by atoms with E-state index in [9.17, 15) is 9.59 Å². The van der Waals surface area contributed by atoms with Crippen LogP contribution in [0.25, 0.3) is 0 Å². The van der Waals surface area contributed by atoms with Crippen LogP contribution in [0.5, 0.6) is 0 Å². The van der Waals surface area contributed by atoms with Crippen LogP contribution in [-0.2, 0) is 10.5 Å². The zero-order chi connectivity index (χ0) is 17.7. The highest BCUT2D eigenvalue weighted by molar-refractivity contribution is 7.99. The lowest BCUT2D eigenvalue weighted by molar-refractivity contribution is 0.0525. The van der Waals surface area contributed by atoms with Gasteiger partial charge in [0.15, 0.2) is 5.78 Å². The topological polar surface area (TPSA) is 59.2 Å². The third-order valence-electron chi connectivity index (χ3n) is 3.88. The Morgan fingerprint density at radius 1 is 1.21 bits per heavy atom. The van der Waals surface area contributed by atoms with Crippen molar-refractivity contribution in [3.8, 4) is 0 Å². The lowest BCUT2D eigenvalue weighted by Gasteiger charge is -2.10. The van der Waals surface area contributed by atoms with Crippen molar-refractivity contribution in [2.45, 2.75) is 38.7 Å². The van der Waals surface area contributed by atoms with Gasteiger partial charge in [-0.25, -0.2) is 4.79 Å². The molecule has 0 saturated carbocycles. The van der Waals surface area contributed by atoms with Gasteiger partial charge < -0.3 is 9.72 Å². The minimum atomic E-state index is -0.382. The van der Waals surface area contributed by atoms with Crippen LogP contribution in [0.1, 0.15) is 51.5 Å². The molecule has 128 valence electrons. The lowest BCUT2D eigenvalue weighted by atomic mass is 10.1. The van der Waals surface area contributed by atoms with E-state index in [0.29, 0.717) is 29.1 Å². The highest BCUT2D eigenvalue weighted by Gasteiger charge is 2.25. The number of carbonyl (C=O) groups is 2. The highest BCUT2D eigenvalue weighted by Crippen LogP contribution is 2.25. The van der Waals surface area contributed by atoms with Gasteiger partial charge in [0.25, 0.3) is 0 Å². The molecule has 1 aromatic carbocycles. The first-order valence-corrected chi connectivity index (χ1v) is 9.06. The minimum absolute atomic E-state index is 0.00656. The molecule has 0 amide bonds. The summed E-state index contributed by atoms with van der Waals surface area (Å²) in [5.74, 6) is 0.400. The van der Waals surface area contributed by atoms with E-state index in [1.165, 1.54) is 5.56 Å². The third-order valence-corrected chi connectivity index (χ3v) is 5.09. The maximum Gasteiger partial charge on any atom is 0.340 e. The number of hydrogen-bond donors (Lipinski definition) is 1. The van der Waals surface area contributed by atoms with Crippen molar-refractivity contribution in [3.63, 3.8) is 0 Å². The number of ketones is 1. The fourth-order valence-corrected chi connectivity index (χ4v) is 3.48. The van der Waals surface area contributed by atoms with Gasteiger partial charge in [0, 0.05) is 11.4 Å². The second kappa shape index (κ2) is 8.20. The molecule has 0 spiro atoms. The number of ether oxygens (including phenoxy) is 1. The Morgan fingerprint density at radius 2 is 1.88 bits per heavy atom. The molecular formula is C19H23NO3S. The molecule has 0 aliphatic heterocycles. The zero-order valence-corrected chi connectivity index (χ0v) is 15.3. The molecule has 2 aromatic rings.